The molecule has 0 spiro atoms. The van der Waals surface area contributed by atoms with E-state index in [1.54, 1.807) is 13.8 Å². The molecular formula is C14H24Fe2O6+4. The Morgan fingerprint density at radius 3 is 1.18 bits per heavy atom. The summed E-state index contributed by atoms with van der Waals surface area (Å²) in [6.45, 7) is 8.62. The molecule has 0 heterocycles. The number of allylic oxidation sites excluding steroid dienone is 4. The molecule has 6 nitrogen and oxygen atoms in total. The number of carbonyl (C=O) groups is 2. The molecule has 0 rings (SSSR count). The van der Waals surface area contributed by atoms with Gasteiger partial charge in [0.15, 0.2) is 0 Å². The van der Waals surface area contributed by atoms with E-state index in [2.05, 4.69) is 0 Å². The Hall–Kier alpha value is -1.20. The molecule has 0 aliphatic rings. The van der Waals surface area contributed by atoms with Crippen molar-refractivity contribution >= 4 is 23.1 Å². The first-order chi connectivity index (χ1) is 8.93. The van der Waals surface area contributed by atoms with Crippen LogP contribution in [0.1, 0.15) is 41.5 Å². The molecule has 6 N–H and O–H groups in total. The van der Waals surface area contributed by atoms with Crippen molar-refractivity contribution in [1.29, 1.82) is 0 Å². The maximum atomic E-state index is 10.5. The Balaban J connectivity index is -0.000000135. The topological polar surface area (TPSA) is 123 Å². The number of hydrogen-bond donors (Lipinski definition) is 0. The zero-order valence-electron chi connectivity index (χ0n) is 13.4. The van der Waals surface area contributed by atoms with Gasteiger partial charge in [0.25, 0.3) is 5.78 Å². The molecular weight excluding hydrogens is 376 g/mol. The molecule has 0 aromatic carbocycles. The summed E-state index contributed by atoms with van der Waals surface area (Å²) in [5.41, 5.74) is 0.681. The Morgan fingerprint density at radius 2 is 1.09 bits per heavy atom. The second kappa shape index (κ2) is 13.5. The quantitative estimate of drug-likeness (QED) is 0.221. The molecule has 0 unspecified atom stereocenters. The zero-order valence-corrected chi connectivity index (χ0v) is 15.6. The summed E-state index contributed by atoms with van der Waals surface area (Å²) in [6.07, 6.45) is 0. The molecule has 0 atom stereocenters. The third kappa shape index (κ3) is 11.5. The molecule has 0 aliphatic heterocycles. The van der Waals surface area contributed by atoms with Gasteiger partial charge < -0.3 is 10.2 Å². The van der Waals surface area contributed by atoms with Crippen molar-refractivity contribution in [3.05, 3.63) is 22.7 Å². The molecule has 8 heteroatoms. The van der Waals surface area contributed by atoms with E-state index in [1.165, 1.54) is 27.7 Å². The average molecular weight is 400 g/mol. The van der Waals surface area contributed by atoms with Crippen molar-refractivity contribution in [2.45, 2.75) is 41.5 Å². The molecule has 0 fully saturated rings. The standard InChI is InChI=1S/2C7H10O3.2Fe/c2*1-4(5(2)8)7(10)6(3)9;;/h10H,1-3H3;8H,1-3H3;;/p+4. The van der Waals surface area contributed by atoms with Gasteiger partial charge in [-0.05, 0) is 13.8 Å². The number of carbonyl (C=O) groups excluding carboxylic acids is 4. The van der Waals surface area contributed by atoms with Crippen LogP contribution in [0.2, 0.25) is 0 Å². The fourth-order valence-electron chi connectivity index (χ4n) is 0.887. The van der Waals surface area contributed by atoms with Crippen molar-refractivity contribution in [3.63, 3.8) is 0 Å². The predicted molar refractivity (Wildman–Crippen MR) is 79.2 cm³/mol. The van der Waals surface area contributed by atoms with Crippen LogP contribution >= 0.6 is 0 Å². The van der Waals surface area contributed by atoms with Crippen molar-refractivity contribution in [1.82, 2.24) is 0 Å². The van der Waals surface area contributed by atoms with E-state index in [1.807, 2.05) is 0 Å². The van der Waals surface area contributed by atoms with Gasteiger partial charge in [0.2, 0.25) is 11.5 Å². The largest absolute Gasteiger partial charge is 0.596 e. The fraction of sp³-hybridized carbons (Fsp3) is 0.429. The van der Waals surface area contributed by atoms with Crippen LogP contribution in [0.4, 0.5) is 0 Å². The monoisotopic (exact) mass is 400 g/mol. The van der Waals surface area contributed by atoms with Gasteiger partial charge in [-0.15, -0.1) is 0 Å². The van der Waals surface area contributed by atoms with Gasteiger partial charge in [0, 0.05) is 54.9 Å². The SMILES string of the molecule is CC(=O)C(=[OH+])C(C)=C(C)[OH2+].CC(=O)C([OH2+])=C(C)C(C)=[OH+].[Fe].[Fe]. The average Bonchev–Trinajstić information content (AvgIpc) is 2.35. The maximum absolute atomic E-state index is 10.5. The molecule has 0 aromatic rings. The van der Waals surface area contributed by atoms with E-state index in [4.69, 9.17) is 19.8 Å². The van der Waals surface area contributed by atoms with Crippen LogP contribution in [0.15, 0.2) is 22.7 Å². The minimum absolute atomic E-state index is 0. The minimum atomic E-state index is -0.399. The molecule has 0 aliphatic carbocycles. The van der Waals surface area contributed by atoms with E-state index in [0.29, 0.717) is 11.1 Å². The van der Waals surface area contributed by atoms with Crippen LogP contribution in [0.3, 0.4) is 0 Å². The molecule has 128 valence electrons. The van der Waals surface area contributed by atoms with Crippen LogP contribution < -0.4 is 0 Å². The van der Waals surface area contributed by atoms with E-state index >= 15 is 0 Å². The van der Waals surface area contributed by atoms with Crippen molar-refractivity contribution < 1.29 is 63.5 Å². The molecule has 22 heavy (non-hydrogen) atoms. The number of ketones is 4. The first kappa shape index (κ1) is 28.9. The zero-order chi connectivity index (χ0) is 16.6. The Kier molecular flexibility index (Phi) is 17.7. The number of rotatable bonds is 4. The second-order valence-electron chi connectivity index (χ2n) is 4.30. The Morgan fingerprint density at radius 1 is 0.727 bits per heavy atom. The van der Waals surface area contributed by atoms with E-state index in [0.717, 1.165) is 0 Å². The van der Waals surface area contributed by atoms with Crippen LogP contribution in [-0.2, 0) is 43.7 Å². The normalized spacial score (nSPS) is 11.2. The molecule has 0 aromatic heterocycles. The molecule has 0 radical (unpaired) electrons. The van der Waals surface area contributed by atoms with Gasteiger partial charge in [-0.25, -0.2) is 0 Å². The van der Waals surface area contributed by atoms with Crippen LogP contribution in [-0.4, -0.2) is 42.9 Å². The summed E-state index contributed by atoms with van der Waals surface area (Å²) >= 11 is 0. The van der Waals surface area contributed by atoms with Gasteiger partial charge in [0.1, 0.15) is 11.1 Å². The Bertz CT molecular complexity index is 477. The van der Waals surface area contributed by atoms with E-state index in [9.17, 15) is 9.59 Å². The van der Waals surface area contributed by atoms with Crippen molar-refractivity contribution in [2.75, 3.05) is 0 Å². The summed E-state index contributed by atoms with van der Waals surface area (Å²) < 4.78 is 0. The predicted octanol–water partition coefficient (Wildman–Crippen LogP) is 0.273. The molecule has 0 bridgehead atoms. The van der Waals surface area contributed by atoms with Gasteiger partial charge in [-0.2, -0.15) is 0 Å². The summed E-state index contributed by atoms with van der Waals surface area (Å²) in [5.74, 6) is -0.921. The van der Waals surface area contributed by atoms with Gasteiger partial charge in [0.05, 0.1) is 6.92 Å². The van der Waals surface area contributed by atoms with Gasteiger partial charge in [-0.1, -0.05) is 0 Å². The van der Waals surface area contributed by atoms with Gasteiger partial charge in [-0.3, -0.25) is 19.2 Å². The molecule has 0 saturated carbocycles. The minimum Gasteiger partial charge on any atom is -0.596 e. The maximum Gasteiger partial charge on any atom is 0.393 e. The van der Waals surface area contributed by atoms with E-state index < -0.39 is 5.78 Å². The third-order valence-electron chi connectivity index (χ3n) is 2.52. The summed E-state index contributed by atoms with van der Waals surface area (Å²) in [6, 6.07) is 0. The van der Waals surface area contributed by atoms with Crippen LogP contribution in [0, 0.1) is 0 Å². The summed E-state index contributed by atoms with van der Waals surface area (Å²) in [7, 11) is 0. The first-order valence-electron chi connectivity index (χ1n) is 5.86. The van der Waals surface area contributed by atoms with Crippen LogP contribution in [0.5, 0.6) is 0 Å². The van der Waals surface area contributed by atoms with Crippen molar-refractivity contribution in [3.8, 4) is 0 Å². The number of hydrogen-bond acceptors (Lipinski definition) is 2. The summed E-state index contributed by atoms with van der Waals surface area (Å²) in [5, 5.41) is 14.2. The first-order valence-corrected chi connectivity index (χ1v) is 5.86. The van der Waals surface area contributed by atoms with E-state index in [-0.39, 0.29) is 63.0 Å². The number of Topliss-reactive ketones (excluding diaryl/α,β-unsaturated/α-hetero) is 2. The van der Waals surface area contributed by atoms with Crippen LogP contribution in [0.25, 0.3) is 0 Å². The van der Waals surface area contributed by atoms with Crippen molar-refractivity contribution in [2.24, 2.45) is 0 Å². The summed E-state index contributed by atoms with van der Waals surface area (Å²) in [4.78, 5) is 38.8. The van der Waals surface area contributed by atoms with Gasteiger partial charge >= 0.3 is 17.3 Å². The second-order valence-corrected chi connectivity index (χ2v) is 4.30. The third-order valence-corrected chi connectivity index (χ3v) is 2.52. The molecule has 0 amide bonds. The fourth-order valence-corrected chi connectivity index (χ4v) is 0.887. The smallest absolute Gasteiger partial charge is 0.393 e. The Labute approximate surface area is 151 Å². The molecule has 0 saturated heterocycles.